The maximum absolute atomic E-state index is 10.4. The van der Waals surface area contributed by atoms with E-state index in [0.29, 0.717) is 4.43 Å². The van der Waals surface area contributed by atoms with Crippen molar-refractivity contribution in [3.8, 4) is 11.8 Å². The lowest BCUT2D eigenvalue weighted by molar-refractivity contribution is 0.103. The van der Waals surface area contributed by atoms with Crippen LogP contribution in [0, 0.1) is 17.8 Å². The lowest BCUT2D eigenvalue weighted by atomic mass is 10.1. The summed E-state index contributed by atoms with van der Waals surface area (Å²) in [6.07, 6.45) is -0.933. The molecular weight excluding hydrogens is 269 g/mol. The Labute approximate surface area is 86.2 Å². The number of halogens is 1. The summed E-state index contributed by atoms with van der Waals surface area (Å²) in [5.74, 6) is 5.73. The van der Waals surface area contributed by atoms with Crippen molar-refractivity contribution in [3.05, 3.63) is 0 Å². The number of rotatable bonds is 3. The minimum atomic E-state index is -0.735. The molecule has 0 aromatic heterocycles. The number of hydrogen-bond donors (Lipinski definition) is 1. The lowest BCUT2D eigenvalue weighted by Crippen LogP contribution is -2.28. The van der Waals surface area contributed by atoms with Gasteiger partial charge >= 0.3 is 6.09 Å². The molecule has 0 aliphatic carbocycles. The van der Waals surface area contributed by atoms with Gasteiger partial charge in [0, 0.05) is 4.43 Å². The molecule has 0 aliphatic rings. The van der Waals surface area contributed by atoms with Gasteiger partial charge in [-0.25, -0.2) is 4.79 Å². The fraction of sp³-hybridized carbons (Fsp3) is 0.625. The summed E-state index contributed by atoms with van der Waals surface area (Å²) < 4.78 is 5.55. The first-order valence-electron chi connectivity index (χ1n) is 3.56. The predicted octanol–water partition coefficient (Wildman–Crippen LogP) is 1.54. The third-order valence-electron chi connectivity index (χ3n) is 1.35. The van der Waals surface area contributed by atoms with Crippen LogP contribution in [0.2, 0.25) is 0 Å². The smallest absolute Gasteiger partial charge is 0.404 e. The standard InChI is InChI=1S/C8H12INO2/c1-3-4-6(2)7(5-9)12-8(10)11/h6-7H,5H2,1-2H3,(H2,10,11). The van der Waals surface area contributed by atoms with Gasteiger partial charge in [0.2, 0.25) is 0 Å². The molecule has 4 heteroatoms. The highest BCUT2D eigenvalue weighted by atomic mass is 127. The zero-order valence-electron chi connectivity index (χ0n) is 7.13. The van der Waals surface area contributed by atoms with Gasteiger partial charge in [-0.1, -0.05) is 28.5 Å². The molecule has 0 aromatic carbocycles. The largest absolute Gasteiger partial charge is 0.444 e. The lowest BCUT2D eigenvalue weighted by Gasteiger charge is -2.16. The normalized spacial score (nSPS) is 13.9. The van der Waals surface area contributed by atoms with E-state index in [9.17, 15) is 4.79 Å². The van der Waals surface area contributed by atoms with Crippen LogP contribution >= 0.6 is 22.6 Å². The van der Waals surface area contributed by atoms with E-state index in [4.69, 9.17) is 10.5 Å². The molecule has 0 bridgehead atoms. The Bertz CT molecular complexity index is 207. The minimum absolute atomic E-state index is 0.0411. The second kappa shape index (κ2) is 6.12. The molecule has 2 atom stereocenters. The molecule has 0 saturated carbocycles. The van der Waals surface area contributed by atoms with E-state index in [1.165, 1.54) is 0 Å². The number of ether oxygens (including phenoxy) is 1. The van der Waals surface area contributed by atoms with Crippen LogP contribution in [0.15, 0.2) is 0 Å². The first-order chi connectivity index (χ1) is 5.61. The number of primary amides is 1. The summed E-state index contributed by atoms with van der Waals surface area (Å²) in [5, 5.41) is 0. The van der Waals surface area contributed by atoms with E-state index >= 15 is 0 Å². The summed E-state index contributed by atoms with van der Waals surface area (Å²) in [5.41, 5.74) is 4.89. The first kappa shape index (κ1) is 11.6. The predicted molar refractivity (Wildman–Crippen MR) is 56.0 cm³/mol. The van der Waals surface area contributed by atoms with Gasteiger partial charge in [-0.3, -0.25) is 0 Å². The summed E-state index contributed by atoms with van der Waals surface area (Å²) >= 11 is 2.14. The molecule has 68 valence electrons. The van der Waals surface area contributed by atoms with Crippen LogP contribution in [0.5, 0.6) is 0 Å². The summed E-state index contributed by atoms with van der Waals surface area (Å²) in [4.78, 5) is 10.4. The molecule has 0 radical (unpaired) electrons. The van der Waals surface area contributed by atoms with Crippen LogP contribution in [0.1, 0.15) is 13.8 Å². The van der Waals surface area contributed by atoms with E-state index < -0.39 is 6.09 Å². The van der Waals surface area contributed by atoms with Crippen LogP contribution in [-0.2, 0) is 4.74 Å². The maximum atomic E-state index is 10.4. The van der Waals surface area contributed by atoms with Crippen molar-refractivity contribution >= 4 is 28.7 Å². The third kappa shape index (κ3) is 4.44. The maximum Gasteiger partial charge on any atom is 0.404 e. The zero-order valence-corrected chi connectivity index (χ0v) is 9.29. The molecule has 0 spiro atoms. The summed E-state index contributed by atoms with van der Waals surface area (Å²) in [6.45, 7) is 3.66. The first-order valence-corrected chi connectivity index (χ1v) is 5.08. The van der Waals surface area contributed by atoms with Crippen LogP contribution in [0.4, 0.5) is 4.79 Å². The Kier molecular flexibility index (Phi) is 5.89. The average Bonchev–Trinajstić information content (AvgIpc) is 2.00. The molecule has 2 N–H and O–H groups in total. The van der Waals surface area contributed by atoms with Crippen molar-refractivity contribution in [2.45, 2.75) is 20.0 Å². The molecule has 3 nitrogen and oxygen atoms in total. The molecule has 1 amide bonds. The van der Waals surface area contributed by atoms with Gasteiger partial charge in [0.1, 0.15) is 6.10 Å². The van der Waals surface area contributed by atoms with Crippen molar-refractivity contribution in [1.82, 2.24) is 0 Å². The number of nitrogens with two attached hydrogens (primary N) is 1. The van der Waals surface area contributed by atoms with E-state index in [-0.39, 0.29) is 12.0 Å². The van der Waals surface area contributed by atoms with Crippen molar-refractivity contribution in [2.75, 3.05) is 4.43 Å². The highest BCUT2D eigenvalue weighted by molar-refractivity contribution is 14.1. The van der Waals surface area contributed by atoms with E-state index in [2.05, 4.69) is 34.4 Å². The van der Waals surface area contributed by atoms with Crippen LogP contribution in [0.25, 0.3) is 0 Å². The van der Waals surface area contributed by atoms with Gasteiger partial charge < -0.3 is 10.5 Å². The van der Waals surface area contributed by atoms with Gasteiger partial charge in [0.25, 0.3) is 0 Å². The van der Waals surface area contributed by atoms with Crippen molar-refractivity contribution in [3.63, 3.8) is 0 Å². The summed E-state index contributed by atoms with van der Waals surface area (Å²) in [6, 6.07) is 0. The molecular formula is C8H12INO2. The molecule has 0 heterocycles. The van der Waals surface area contributed by atoms with E-state index in [1.54, 1.807) is 6.92 Å². The minimum Gasteiger partial charge on any atom is -0.444 e. The van der Waals surface area contributed by atoms with Gasteiger partial charge in [0.05, 0.1) is 5.92 Å². The number of carbonyl (C=O) groups is 1. The van der Waals surface area contributed by atoms with Crippen molar-refractivity contribution in [2.24, 2.45) is 11.7 Å². The second-order valence-electron chi connectivity index (χ2n) is 2.31. The molecule has 2 unspecified atom stereocenters. The molecule has 0 fully saturated rings. The molecule has 12 heavy (non-hydrogen) atoms. The van der Waals surface area contributed by atoms with Crippen molar-refractivity contribution in [1.29, 1.82) is 0 Å². The molecule has 0 aliphatic heterocycles. The number of hydrogen-bond acceptors (Lipinski definition) is 2. The van der Waals surface area contributed by atoms with Gasteiger partial charge in [-0.15, -0.1) is 5.92 Å². The second-order valence-corrected chi connectivity index (χ2v) is 3.19. The quantitative estimate of drug-likeness (QED) is 0.484. The van der Waals surface area contributed by atoms with Gasteiger partial charge in [0.15, 0.2) is 0 Å². The molecule has 0 rings (SSSR count). The van der Waals surface area contributed by atoms with Crippen LogP contribution in [0.3, 0.4) is 0 Å². The van der Waals surface area contributed by atoms with Gasteiger partial charge in [-0.2, -0.15) is 0 Å². The topological polar surface area (TPSA) is 52.3 Å². The number of amides is 1. The molecule has 0 saturated heterocycles. The Morgan fingerprint density at radius 2 is 2.33 bits per heavy atom. The van der Waals surface area contributed by atoms with Crippen molar-refractivity contribution < 1.29 is 9.53 Å². The third-order valence-corrected chi connectivity index (χ3v) is 2.22. The Hall–Kier alpha value is -0.440. The fourth-order valence-corrected chi connectivity index (χ4v) is 1.68. The average molecular weight is 281 g/mol. The Morgan fingerprint density at radius 3 is 2.67 bits per heavy atom. The van der Waals surface area contributed by atoms with E-state index in [0.717, 1.165) is 0 Å². The zero-order chi connectivity index (χ0) is 9.56. The highest BCUT2D eigenvalue weighted by Gasteiger charge is 2.16. The van der Waals surface area contributed by atoms with Gasteiger partial charge in [-0.05, 0) is 13.8 Å². The number of carbonyl (C=O) groups excluding carboxylic acids is 1. The summed E-state index contributed by atoms with van der Waals surface area (Å²) in [7, 11) is 0. The highest BCUT2D eigenvalue weighted by Crippen LogP contribution is 2.09. The van der Waals surface area contributed by atoms with E-state index in [1.807, 2.05) is 6.92 Å². The van der Waals surface area contributed by atoms with Crippen LogP contribution < -0.4 is 5.73 Å². The number of alkyl halides is 1. The monoisotopic (exact) mass is 281 g/mol. The fourth-order valence-electron chi connectivity index (χ4n) is 0.737. The Morgan fingerprint density at radius 1 is 1.75 bits per heavy atom. The van der Waals surface area contributed by atoms with Crippen LogP contribution in [-0.4, -0.2) is 16.6 Å². The SMILES string of the molecule is CC#CC(C)C(CI)OC(N)=O. The Balaban J connectivity index is 4.10. The molecule has 0 aromatic rings.